The minimum atomic E-state index is -0.764. The molecular formula is C10H19NO3. The van der Waals surface area contributed by atoms with Crippen molar-refractivity contribution in [3.8, 4) is 0 Å². The summed E-state index contributed by atoms with van der Waals surface area (Å²) in [6, 6.07) is 0.156. The van der Waals surface area contributed by atoms with E-state index in [1.807, 2.05) is 0 Å². The van der Waals surface area contributed by atoms with Crippen LogP contribution in [0.4, 0.5) is 0 Å². The molecule has 0 amide bonds. The first-order valence-corrected chi connectivity index (χ1v) is 5.25. The van der Waals surface area contributed by atoms with E-state index in [0.717, 1.165) is 25.8 Å². The van der Waals surface area contributed by atoms with Gasteiger partial charge in [-0.05, 0) is 26.3 Å². The number of likely N-dealkylation sites (tertiary alicyclic amines) is 1. The van der Waals surface area contributed by atoms with Gasteiger partial charge < -0.3 is 10.2 Å². The summed E-state index contributed by atoms with van der Waals surface area (Å²) in [6.45, 7) is 3.26. The number of carbonyl (C=O) groups is 1. The summed E-state index contributed by atoms with van der Waals surface area (Å²) in [5, 5.41) is 18.1. The van der Waals surface area contributed by atoms with Crippen LogP contribution in [-0.2, 0) is 4.79 Å². The van der Waals surface area contributed by atoms with E-state index in [1.54, 1.807) is 6.92 Å². The first-order chi connectivity index (χ1) is 6.61. The number of aliphatic hydroxyl groups is 1. The molecule has 0 aromatic carbocycles. The summed E-state index contributed by atoms with van der Waals surface area (Å²) < 4.78 is 0. The van der Waals surface area contributed by atoms with E-state index >= 15 is 0 Å². The zero-order valence-electron chi connectivity index (χ0n) is 8.65. The van der Waals surface area contributed by atoms with Crippen LogP contribution in [0.1, 0.15) is 32.6 Å². The number of aliphatic carboxylic acids is 1. The molecule has 1 aliphatic rings. The standard InChI is InChI=1S/C10H19NO3/c1-8(12)9-4-2-3-6-11(9)7-5-10(13)14/h8-9,12H,2-7H2,1H3,(H,13,14)/t8-,9+/m0/s1. The number of hydrogen-bond donors (Lipinski definition) is 2. The molecule has 0 unspecified atom stereocenters. The fraction of sp³-hybridized carbons (Fsp3) is 0.900. The summed E-state index contributed by atoms with van der Waals surface area (Å²) in [6.07, 6.45) is 3.05. The second kappa shape index (κ2) is 5.32. The van der Waals surface area contributed by atoms with Crippen LogP contribution in [0.25, 0.3) is 0 Å². The van der Waals surface area contributed by atoms with Crippen LogP contribution >= 0.6 is 0 Å². The molecule has 2 atom stereocenters. The van der Waals surface area contributed by atoms with E-state index in [9.17, 15) is 9.90 Å². The van der Waals surface area contributed by atoms with Crippen molar-refractivity contribution >= 4 is 5.97 Å². The molecule has 1 fully saturated rings. The van der Waals surface area contributed by atoms with Crippen molar-refractivity contribution in [1.82, 2.24) is 4.90 Å². The van der Waals surface area contributed by atoms with Crippen molar-refractivity contribution in [2.75, 3.05) is 13.1 Å². The van der Waals surface area contributed by atoms with Crippen molar-refractivity contribution in [3.05, 3.63) is 0 Å². The van der Waals surface area contributed by atoms with Crippen LogP contribution in [0.15, 0.2) is 0 Å². The maximum Gasteiger partial charge on any atom is 0.304 e. The maximum atomic E-state index is 10.4. The van der Waals surface area contributed by atoms with Gasteiger partial charge in [-0.25, -0.2) is 0 Å². The Morgan fingerprint density at radius 2 is 2.29 bits per heavy atom. The Bertz CT molecular complexity index is 194. The Morgan fingerprint density at radius 3 is 2.86 bits per heavy atom. The van der Waals surface area contributed by atoms with Gasteiger partial charge in [-0.3, -0.25) is 9.69 Å². The fourth-order valence-corrected chi connectivity index (χ4v) is 2.08. The van der Waals surface area contributed by atoms with Crippen molar-refractivity contribution in [2.45, 2.75) is 44.8 Å². The largest absolute Gasteiger partial charge is 0.481 e. The Kier molecular flexibility index (Phi) is 4.35. The van der Waals surface area contributed by atoms with Crippen molar-refractivity contribution < 1.29 is 15.0 Å². The van der Waals surface area contributed by atoms with E-state index in [4.69, 9.17) is 5.11 Å². The van der Waals surface area contributed by atoms with Crippen LogP contribution in [0, 0.1) is 0 Å². The molecule has 1 aliphatic heterocycles. The SMILES string of the molecule is C[C@H](O)[C@H]1CCCCN1CCC(=O)O. The highest BCUT2D eigenvalue weighted by atomic mass is 16.4. The third-order valence-corrected chi connectivity index (χ3v) is 2.83. The van der Waals surface area contributed by atoms with E-state index in [0.29, 0.717) is 6.54 Å². The van der Waals surface area contributed by atoms with Crippen LogP contribution in [0.3, 0.4) is 0 Å². The molecule has 1 rings (SSSR count). The van der Waals surface area contributed by atoms with Crippen LogP contribution < -0.4 is 0 Å². The topological polar surface area (TPSA) is 60.8 Å². The first kappa shape index (κ1) is 11.5. The molecule has 0 aliphatic carbocycles. The maximum absolute atomic E-state index is 10.4. The summed E-state index contributed by atoms with van der Waals surface area (Å²) >= 11 is 0. The van der Waals surface area contributed by atoms with Crippen LogP contribution in [0.2, 0.25) is 0 Å². The normalized spacial score (nSPS) is 26.0. The Morgan fingerprint density at radius 1 is 1.57 bits per heavy atom. The summed E-state index contributed by atoms with van der Waals surface area (Å²) in [4.78, 5) is 12.5. The number of carboxylic acids is 1. The highest BCUT2D eigenvalue weighted by Gasteiger charge is 2.25. The van der Waals surface area contributed by atoms with Gasteiger partial charge in [-0.1, -0.05) is 6.42 Å². The van der Waals surface area contributed by atoms with Gasteiger partial charge in [-0.2, -0.15) is 0 Å². The number of rotatable bonds is 4. The average Bonchev–Trinajstić information content (AvgIpc) is 2.15. The minimum Gasteiger partial charge on any atom is -0.481 e. The zero-order valence-corrected chi connectivity index (χ0v) is 8.65. The molecule has 2 N–H and O–H groups in total. The number of carboxylic acid groups (broad SMARTS) is 1. The third-order valence-electron chi connectivity index (χ3n) is 2.83. The second-order valence-electron chi connectivity index (χ2n) is 3.98. The molecule has 0 spiro atoms. The number of aliphatic hydroxyl groups excluding tert-OH is 1. The Balaban J connectivity index is 2.41. The summed E-state index contributed by atoms with van der Waals surface area (Å²) in [5.74, 6) is -0.764. The van der Waals surface area contributed by atoms with Crippen LogP contribution in [-0.4, -0.2) is 46.3 Å². The van der Waals surface area contributed by atoms with Gasteiger partial charge in [0.2, 0.25) is 0 Å². The predicted octanol–water partition coefficient (Wildman–Crippen LogP) is 0.696. The fourth-order valence-electron chi connectivity index (χ4n) is 2.08. The molecule has 0 aromatic heterocycles. The molecule has 0 saturated carbocycles. The van der Waals surface area contributed by atoms with Crippen molar-refractivity contribution in [2.24, 2.45) is 0 Å². The highest BCUT2D eigenvalue weighted by molar-refractivity contribution is 5.66. The zero-order chi connectivity index (χ0) is 10.6. The van der Waals surface area contributed by atoms with Crippen molar-refractivity contribution in [3.63, 3.8) is 0 Å². The highest BCUT2D eigenvalue weighted by Crippen LogP contribution is 2.19. The quantitative estimate of drug-likeness (QED) is 0.702. The van der Waals surface area contributed by atoms with Gasteiger partial charge >= 0.3 is 5.97 Å². The van der Waals surface area contributed by atoms with Gasteiger partial charge in [0.15, 0.2) is 0 Å². The van der Waals surface area contributed by atoms with E-state index in [1.165, 1.54) is 0 Å². The van der Waals surface area contributed by atoms with E-state index in [2.05, 4.69) is 4.90 Å². The van der Waals surface area contributed by atoms with E-state index in [-0.39, 0.29) is 18.6 Å². The molecule has 0 aromatic rings. The lowest BCUT2D eigenvalue weighted by Gasteiger charge is -2.37. The van der Waals surface area contributed by atoms with Gasteiger partial charge in [0.25, 0.3) is 0 Å². The van der Waals surface area contributed by atoms with Crippen LogP contribution in [0.5, 0.6) is 0 Å². The van der Waals surface area contributed by atoms with Crippen molar-refractivity contribution in [1.29, 1.82) is 0 Å². The average molecular weight is 201 g/mol. The predicted molar refractivity (Wildman–Crippen MR) is 53.1 cm³/mol. The molecular weight excluding hydrogens is 182 g/mol. The number of hydrogen-bond acceptors (Lipinski definition) is 3. The van der Waals surface area contributed by atoms with Gasteiger partial charge in [0.05, 0.1) is 12.5 Å². The second-order valence-corrected chi connectivity index (χ2v) is 3.98. The van der Waals surface area contributed by atoms with E-state index < -0.39 is 5.97 Å². The molecule has 4 heteroatoms. The molecule has 82 valence electrons. The molecule has 0 radical (unpaired) electrons. The van der Waals surface area contributed by atoms with Gasteiger partial charge in [-0.15, -0.1) is 0 Å². The first-order valence-electron chi connectivity index (χ1n) is 5.25. The monoisotopic (exact) mass is 201 g/mol. The molecule has 0 bridgehead atoms. The molecule has 14 heavy (non-hydrogen) atoms. The summed E-state index contributed by atoms with van der Waals surface area (Å²) in [5.41, 5.74) is 0. The summed E-state index contributed by atoms with van der Waals surface area (Å²) in [7, 11) is 0. The molecule has 1 heterocycles. The van der Waals surface area contributed by atoms with Gasteiger partial charge in [0.1, 0.15) is 0 Å². The lowest BCUT2D eigenvalue weighted by molar-refractivity contribution is -0.137. The number of piperidine rings is 1. The Hall–Kier alpha value is -0.610. The Labute approximate surface area is 84.5 Å². The lowest BCUT2D eigenvalue weighted by Crippen LogP contribution is -2.46. The molecule has 1 saturated heterocycles. The molecule has 4 nitrogen and oxygen atoms in total. The van der Waals surface area contributed by atoms with Gasteiger partial charge in [0, 0.05) is 12.6 Å². The lowest BCUT2D eigenvalue weighted by atomic mass is 9.98. The number of nitrogens with zero attached hydrogens (tertiary/aromatic N) is 1. The minimum absolute atomic E-state index is 0.156. The third kappa shape index (κ3) is 3.27. The smallest absolute Gasteiger partial charge is 0.304 e.